The van der Waals surface area contributed by atoms with E-state index < -0.39 is 76.9 Å². The van der Waals surface area contributed by atoms with Crippen LogP contribution in [0.25, 0.3) is 0 Å². The van der Waals surface area contributed by atoms with Crippen molar-refractivity contribution in [3.8, 4) is 0 Å². The number of hydroxylamine groups is 2. The number of likely N-dealkylation sites (tertiary alicyclic amines) is 2. The molecule has 0 bridgehead atoms. The van der Waals surface area contributed by atoms with Gasteiger partial charge >= 0.3 is 5.97 Å². The van der Waals surface area contributed by atoms with E-state index in [1.54, 1.807) is 30.8 Å². The quantitative estimate of drug-likeness (QED) is 0.0327. The van der Waals surface area contributed by atoms with Crippen molar-refractivity contribution in [2.45, 2.75) is 197 Å². The number of benzene rings is 1. The first kappa shape index (κ1) is 71.0. The van der Waals surface area contributed by atoms with Crippen molar-refractivity contribution in [3.05, 3.63) is 35.9 Å². The second-order valence-electron chi connectivity index (χ2n) is 24.4. The number of likely N-dealkylation sites (N-methyl/N-ethyl adjacent to an activating group) is 2. The zero-order valence-electron chi connectivity index (χ0n) is 52.5. The molecule has 1 unspecified atom stereocenters. The van der Waals surface area contributed by atoms with Crippen LogP contribution in [0, 0.1) is 23.7 Å². The Balaban J connectivity index is 1.12. The summed E-state index contributed by atoms with van der Waals surface area (Å²) in [6.07, 6.45) is 4.41. The van der Waals surface area contributed by atoms with Gasteiger partial charge in [0.25, 0.3) is 5.91 Å². The normalized spacial score (nSPS) is 22.4. The molecule has 1 aliphatic carbocycles. The number of nitrogens with one attached hydrogen (secondary N) is 4. The van der Waals surface area contributed by atoms with Gasteiger partial charge in [-0.25, -0.2) is 5.06 Å². The molecule has 0 spiro atoms. The molecule has 3 aliphatic heterocycles. The maximum absolute atomic E-state index is 14.8. The molecule has 1 saturated carbocycles. The minimum atomic E-state index is -1.18. The molecule has 12 atom stereocenters. The number of carbonyl (C=O) groups is 10. The highest BCUT2D eigenvalue weighted by molar-refractivity contribution is 8.00. The number of methoxy groups -OCH3 is 2. The van der Waals surface area contributed by atoms with Crippen LogP contribution in [0.15, 0.2) is 30.3 Å². The number of ether oxygens (including phenoxy) is 2. The predicted molar refractivity (Wildman–Crippen MR) is 323 cm³/mol. The van der Waals surface area contributed by atoms with Crippen LogP contribution in [-0.4, -0.2) is 209 Å². The molecule has 482 valence electrons. The molecule has 3 saturated heterocycles. The topological polar surface area (TPSA) is 309 Å². The summed E-state index contributed by atoms with van der Waals surface area (Å²) in [6.45, 7) is 15.1. The van der Waals surface area contributed by atoms with Crippen molar-refractivity contribution < 1.29 is 67.4 Å². The van der Waals surface area contributed by atoms with Gasteiger partial charge in [0, 0.05) is 71.8 Å². The predicted octanol–water partition coefficient (Wildman–Crippen LogP) is 3.36. The zero-order valence-corrected chi connectivity index (χ0v) is 53.3. The Labute approximate surface area is 512 Å². The molecule has 4 aliphatic rings. The Morgan fingerprint density at radius 2 is 1.53 bits per heavy atom. The van der Waals surface area contributed by atoms with E-state index in [0.717, 1.165) is 35.1 Å². The summed E-state index contributed by atoms with van der Waals surface area (Å²) < 4.78 is 12.2. The first-order valence-corrected chi connectivity index (χ1v) is 31.8. The number of hydrazine groups is 1. The van der Waals surface area contributed by atoms with Crippen molar-refractivity contribution in [2.75, 3.05) is 66.9 Å². The number of nitrogens with zero attached hydrogens (tertiary/aromatic N) is 5. The monoisotopic (exact) mass is 1230 g/mol. The van der Waals surface area contributed by atoms with Crippen molar-refractivity contribution in [3.63, 3.8) is 0 Å². The van der Waals surface area contributed by atoms with Crippen LogP contribution in [0.1, 0.15) is 150 Å². The van der Waals surface area contributed by atoms with Crippen LogP contribution in [0.2, 0.25) is 0 Å². The van der Waals surface area contributed by atoms with E-state index in [0.29, 0.717) is 77.6 Å². The van der Waals surface area contributed by atoms with E-state index in [9.17, 15) is 47.9 Å². The van der Waals surface area contributed by atoms with Crippen LogP contribution in [0.4, 0.5) is 0 Å². The molecule has 1 aromatic carbocycles. The fourth-order valence-electron chi connectivity index (χ4n) is 12.3. The first-order chi connectivity index (χ1) is 40.8. The van der Waals surface area contributed by atoms with Gasteiger partial charge in [0.05, 0.1) is 54.5 Å². The standard InChI is InChI=1S/C61H98N10O14S/c1-12-39(6)53(45(83-10)33-49(74)69-30-21-25-44(69)54(84-11)40(7)55(76)64-61(60(82)71-31-19-20-32-85-71)35-42(61)41-23-15-13-16-24-41)68(9)58(79)51(37(2)3)63-56(77)52(38(4)5)67(8)28-22-27-48(73)66-65-47(72)26-17-14-18-29-70-50(75)34-46(57(70)78)86-36-43(62)59(80)81/h13,15-16,23-24,37-40,42-46,51-54H,12,14,17-22,25-36,62H2,1-11H3,(H,63,77)(H,64,76)(H,65,72)(H,66,73)(H,80,81)/t39-,40+,42+,43-,44-,45+,46?,51-,52-,53-,54+,61-/m0/s1. The number of carboxylic acid groups (broad SMARTS) is 1. The average molecular weight is 1230 g/mol. The molecule has 5 rings (SSSR count). The molecule has 25 heteroatoms. The first-order valence-electron chi connectivity index (χ1n) is 30.8. The second-order valence-corrected chi connectivity index (χ2v) is 25.7. The summed E-state index contributed by atoms with van der Waals surface area (Å²) in [4.78, 5) is 146. The van der Waals surface area contributed by atoms with E-state index in [4.69, 9.17) is 25.2 Å². The fourth-order valence-corrected chi connectivity index (χ4v) is 13.4. The molecule has 0 aromatic heterocycles. The van der Waals surface area contributed by atoms with Crippen LogP contribution in [0.3, 0.4) is 0 Å². The van der Waals surface area contributed by atoms with Gasteiger partial charge in [-0.15, -0.1) is 11.8 Å². The van der Waals surface area contributed by atoms with Crippen LogP contribution >= 0.6 is 11.8 Å². The van der Waals surface area contributed by atoms with Gasteiger partial charge < -0.3 is 40.7 Å². The van der Waals surface area contributed by atoms with E-state index in [2.05, 4.69) is 21.5 Å². The Morgan fingerprint density at radius 1 is 0.860 bits per heavy atom. The molecule has 9 amide bonds. The molecule has 7 N–H and O–H groups in total. The average Bonchev–Trinajstić information content (AvgIpc) is 1.60. The number of carboxylic acids is 1. The molecule has 4 fully saturated rings. The minimum Gasteiger partial charge on any atom is -0.480 e. The maximum atomic E-state index is 14.8. The molecule has 86 heavy (non-hydrogen) atoms. The Morgan fingerprint density at radius 3 is 2.13 bits per heavy atom. The third-order valence-electron chi connectivity index (χ3n) is 17.5. The molecule has 3 heterocycles. The highest BCUT2D eigenvalue weighted by Gasteiger charge is 2.64. The van der Waals surface area contributed by atoms with Gasteiger partial charge in [-0.3, -0.25) is 73.4 Å². The lowest BCUT2D eigenvalue weighted by atomic mass is 9.89. The second kappa shape index (κ2) is 33.6. The lowest BCUT2D eigenvalue weighted by Crippen LogP contribution is -2.60. The number of carbonyl (C=O) groups excluding carboxylic acids is 9. The number of hydrogen-bond donors (Lipinski definition) is 6. The van der Waals surface area contributed by atoms with Gasteiger partial charge in [0.1, 0.15) is 17.6 Å². The van der Waals surface area contributed by atoms with E-state index in [-0.39, 0.29) is 103 Å². The Bertz CT molecular complexity index is 2490. The molecular weight excluding hydrogens is 1130 g/mol. The van der Waals surface area contributed by atoms with Crippen LogP contribution < -0.4 is 27.2 Å². The van der Waals surface area contributed by atoms with Crippen LogP contribution in [-0.2, 0) is 62.3 Å². The van der Waals surface area contributed by atoms with Crippen LogP contribution in [0.5, 0.6) is 0 Å². The number of hydrogen-bond acceptors (Lipinski definition) is 16. The zero-order chi connectivity index (χ0) is 63.6. The van der Waals surface area contributed by atoms with Gasteiger partial charge in [-0.1, -0.05) is 91.6 Å². The van der Waals surface area contributed by atoms with Gasteiger partial charge in [0.15, 0.2) is 0 Å². The van der Waals surface area contributed by atoms with Crippen molar-refractivity contribution in [1.29, 1.82) is 0 Å². The van der Waals surface area contributed by atoms with E-state index in [1.807, 2.05) is 76.8 Å². The molecule has 1 aromatic rings. The number of unbranched alkanes of at least 4 members (excludes halogenated alkanes) is 2. The Kier molecular flexibility index (Phi) is 27.7. The molecule has 0 radical (unpaired) electrons. The maximum Gasteiger partial charge on any atom is 0.321 e. The number of amides is 9. The lowest BCUT2D eigenvalue weighted by molar-refractivity contribution is -0.200. The third kappa shape index (κ3) is 18.7. The SMILES string of the molecule is CC[C@H](C)[C@@H]([C@@H](CC(=O)N1CCC[C@H]1[C@H](OC)[C@@H](C)C(=O)N[C@@]1(C(=O)N2CCCCO2)C[C@@H]1c1ccccc1)OC)N(C)C(=O)[C@@H](NC(=O)[C@H](C(C)C)N(C)CCCC(=O)NNC(=O)CCCCCN1C(=O)CC(SC[C@H](N)C(=O)O)C1=O)C(C)C. The van der Waals surface area contributed by atoms with Gasteiger partial charge in [-0.2, -0.15) is 0 Å². The summed E-state index contributed by atoms with van der Waals surface area (Å²) in [5, 5.41) is 15.9. The summed E-state index contributed by atoms with van der Waals surface area (Å²) in [5.74, 6) is -5.90. The smallest absolute Gasteiger partial charge is 0.321 e. The highest BCUT2D eigenvalue weighted by atomic mass is 32.2. The number of imide groups is 1. The highest BCUT2D eigenvalue weighted by Crippen LogP contribution is 2.53. The van der Waals surface area contributed by atoms with Crippen molar-refractivity contribution in [2.24, 2.45) is 29.4 Å². The largest absolute Gasteiger partial charge is 0.480 e. The van der Waals surface area contributed by atoms with Crippen molar-refractivity contribution >= 4 is 70.9 Å². The lowest BCUT2D eigenvalue weighted by Gasteiger charge is -2.41. The number of nitrogens with two attached hydrogens (primary N) is 1. The molecular formula is C61H98N10O14S. The summed E-state index contributed by atoms with van der Waals surface area (Å²) >= 11 is 1.06. The molecule has 24 nitrogen and oxygen atoms in total. The number of aliphatic carboxylic acids is 1. The summed E-state index contributed by atoms with van der Waals surface area (Å²) in [6, 6.07) is 5.87. The minimum absolute atomic E-state index is 0.00912. The Hall–Kier alpha value is -5.73. The van der Waals surface area contributed by atoms with Crippen molar-refractivity contribution in [1.82, 2.24) is 46.1 Å². The number of rotatable bonds is 34. The summed E-state index contributed by atoms with van der Waals surface area (Å²) in [7, 11) is 6.52. The van der Waals surface area contributed by atoms with Gasteiger partial charge in [-0.05, 0) is 88.3 Å². The van der Waals surface area contributed by atoms with E-state index in [1.165, 1.54) is 19.3 Å². The third-order valence-corrected chi connectivity index (χ3v) is 18.8. The van der Waals surface area contributed by atoms with E-state index >= 15 is 0 Å². The van der Waals surface area contributed by atoms with Gasteiger partial charge in [0.2, 0.25) is 47.3 Å². The number of thioether (sulfide) groups is 1. The summed E-state index contributed by atoms with van der Waals surface area (Å²) in [5.41, 5.74) is 10.2. The fraction of sp³-hybridized carbons (Fsp3) is 0.738.